The van der Waals surface area contributed by atoms with Crippen molar-refractivity contribution in [1.29, 1.82) is 0 Å². The Kier molecular flexibility index (Phi) is 4.73. The van der Waals surface area contributed by atoms with E-state index < -0.39 is 21.4 Å². The zero-order chi connectivity index (χ0) is 19.1. The van der Waals surface area contributed by atoms with Gasteiger partial charge in [0.15, 0.2) is 0 Å². The summed E-state index contributed by atoms with van der Waals surface area (Å²) < 4.78 is 47.0. The molecule has 1 aliphatic heterocycles. The molecule has 6 heteroatoms. The highest BCUT2D eigenvalue weighted by Crippen LogP contribution is 2.47. The van der Waals surface area contributed by atoms with Gasteiger partial charge in [0.05, 0.1) is 22.7 Å². The number of hydrogen-bond donors (Lipinski definition) is 0. The average molecular weight is 377 g/mol. The fourth-order valence-corrected chi connectivity index (χ4v) is 5.65. The van der Waals surface area contributed by atoms with Gasteiger partial charge in [0.2, 0.25) is 0 Å². The van der Waals surface area contributed by atoms with E-state index in [0.29, 0.717) is 18.7 Å². The molecule has 1 atom stereocenters. The van der Waals surface area contributed by atoms with E-state index in [1.165, 1.54) is 28.6 Å². The van der Waals surface area contributed by atoms with Gasteiger partial charge in [-0.1, -0.05) is 6.92 Å². The van der Waals surface area contributed by atoms with Gasteiger partial charge in [-0.15, -0.1) is 0 Å². The van der Waals surface area contributed by atoms with E-state index in [4.69, 9.17) is 4.74 Å². The van der Waals surface area contributed by atoms with E-state index in [1.807, 2.05) is 26.8 Å². The molecule has 2 aromatic rings. The van der Waals surface area contributed by atoms with Gasteiger partial charge in [-0.3, -0.25) is 4.31 Å². The average Bonchev–Trinajstić information content (AvgIpc) is 2.55. The Labute approximate surface area is 154 Å². The van der Waals surface area contributed by atoms with Crippen LogP contribution in [0.15, 0.2) is 47.4 Å². The Morgan fingerprint density at radius 2 is 1.85 bits per heavy atom. The van der Waals surface area contributed by atoms with Crippen molar-refractivity contribution in [2.24, 2.45) is 0 Å². The maximum Gasteiger partial charge on any atom is 0.264 e. The third kappa shape index (κ3) is 3.18. The zero-order valence-electron chi connectivity index (χ0n) is 15.5. The van der Waals surface area contributed by atoms with Crippen LogP contribution < -0.4 is 9.04 Å². The van der Waals surface area contributed by atoms with Crippen LogP contribution in [0.3, 0.4) is 0 Å². The third-order valence-electron chi connectivity index (χ3n) is 4.77. The van der Waals surface area contributed by atoms with Crippen molar-refractivity contribution in [2.75, 3.05) is 10.9 Å². The maximum absolute atomic E-state index is 13.4. The highest BCUT2D eigenvalue weighted by molar-refractivity contribution is 7.93. The van der Waals surface area contributed by atoms with Crippen molar-refractivity contribution in [3.8, 4) is 5.75 Å². The summed E-state index contributed by atoms with van der Waals surface area (Å²) in [6.07, 6.45) is 0.677. The van der Waals surface area contributed by atoms with Crippen molar-refractivity contribution in [2.45, 2.75) is 50.5 Å². The normalized spacial score (nSPS) is 19.1. The minimum Gasteiger partial charge on any atom is -0.494 e. The second-order valence-corrected chi connectivity index (χ2v) is 9.08. The van der Waals surface area contributed by atoms with Gasteiger partial charge in [0.1, 0.15) is 11.6 Å². The monoisotopic (exact) mass is 377 g/mol. The molecule has 4 nitrogen and oxygen atoms in total. The van der Waals surface area contributed by atoms with Crippen molar-refractivity contribution >= 4 is 15.7 Å². The van der Waals surface area contributed by atoms with Gasteiger partial charge in [0, 0.05) is 0 Å². The molecule has 26 heavy (non-hydrogen) atoms. The Balaban J connectivity index is 2.16. The van der Waals surface area contributed by atoms with Crippen LogP contribution in [0, 0.1) is 5.82 Å². The molecule has 0 aromatic heterocycles. The molecule has 140 valence electrons. The molecule has 0 saturated heterocycles. The second kappa shape index (κ2) is 6.58. The number of rotatable bonds is 4. The molecule has 0 unspecified atom stereocenters. The number of sulfonamides is 1. The van der Waals surface area contributed by atoms with Gasteiger partial charge >= 0.3 is 0 Å². The Hall–Kier alpha value is -2.08. The third-order valence-corrected chi connectivity index (χ3v) is 6.81. The molecule has 3 rings (SSSR count). The smallest absolute Gasteiger partial charge is 0.264 e. The van der Waals surface area contributed by atoms with Crippen LogP contribution in [0.25, 0.3) is 0 Å². The number of ether oxygens (including phenoxy) is 1. The second-order valence-electron chi connectivity index (χ2n) is 7.29. The molecule has 0 bridgehead atoms. The van der Waals surface area contributed by atoms with Gasteiger partial charge < -0.3 is 4.74 Å². The van der Waals surface area contributed by atoms with E-state index in [0.717, 1.165) is 11.3 Å². The van der Waals surface area contributed by atoms with Crippen LogP contribution in [0.5, 0.6) is 5.75 Å². The maximum atomic E-state index is 13.4. The largest absolute Gasteiger partial charge is 0.494 e. The number of halogens is 1. The fourth-order valence-electron chi connectivity index (χ4n) is 3.80. The van der Waals surface area contributed by atoms with Gasteiger partial charge in [-0.05, 0) is 81.1 Å². The lowest BCUT2D eigenvalue weighted by Gasteiger charge is -2.46. The highest BCUT2D eigenvalue weighted by atomic mass is 32.2. The Morgan fingerprint density at radius 3 is 2.46 bits per heavy atom. The molecule has 0 saturated carbocycles. The summed E-state index contributed by atoms with van der Waals surface area (Å²) in [5.41, 5.74) is 0.995. The number of benzene rings is 2. The summed E-state index contributed by atoms with van der Waals surface area (Å²) in [5.74, 6) is 0.467. The number of anilines is 1. The van der Waals surface area contributed by atoms with Gasteiger partial charge in [-0.25, -0.2) is 12.8 Å². The Bertz CT molecular complexity index is 907. The van der Waals surface area contributed by atoms with E-state index in [1.54, 1.807) is 12.1 Å². The van der Waals surface area contributed by atoms with Crippen molar-refractivity contribution < 1.29 is 17.5 Å². The minimum absolute atomic E-state index is 0.0846. The van der Waals surface area contributed by atoms with Gasteiger partial charge in [0.25, 0.3) is 10.0 Å². The molecule has 2 aromatic carbocycles. The summed E-state index contributed by atoms with van der Waals surface area (Å²) >= 11 is 0. The number of nitrogens with zero attached hydrogens (tertiary/aromatic N) is 1. The lowest BCUT2D eigenvalue weighted by atomic mass is 9.82. The highest BCUT2D eigenvalue weighted by Gasteiger charge is 2.43. The summed E-state index contributed by atoms with van der Waals surface area (Å²) in [5, 5.41) is 0. The molecule has 0 spiro atoms. The zero-order valence-corrected chi connectivity index (χ0v) is 16.3. The first-order valence-corrected chi connectivity index (χ1v) is 10.2. The van der Waals surface area contributed by atoms with Crippen molar-refractivity contribution in [3.63, 3.8) is 0 Å². The van der Waals surface area contributed by atoms with Crippen molar-refractivity contribution in [1.82, 2.24) is 0 Å². The lowest BCUT2D eigenvalue weighted by Crippen LogP contribution is -2.51. The molecule has 1 heterocycles. The molecule has 0 aliphatic carbocycles. The molecular weight excluding hydrogens is 353 g/mol. The molecule has 0 radical (unpaired) electrons. The molecular formula is C20H24FNO3S. The number of fused-ring (bicyclic) bond motifs is 1. The Morgan fingerprint density at radius 1 is 1.19 bits per heavy atom. The van der Waals surface area contributed by atoms with Gasteiger partial charge in [-0.2, -0.15) is 0 Å². The fraction of sp³-hybridized carbons (Fsp3) is 0.400. The lowest BCUT2D eigenvalue weighted by molar-refractivity contribution is 0.338. The van der Waals surface area contributed by atoms with Crippen LogP contribution in [-0.4, -0.2) is 20.6 Å². The predicted molar refractivity (Wildman–Crippen MR) is 101 cm³/mol. The molecule has 0 amide bonds. The summed E-state index contributed by atoms with van der Waals surface area (Å²) in [6.45, 7) is 8.40. The quantitative estimate of drug-likeness (QED) is 0.775. The molecule has 1 aliphatic rings. The summed E-state index contributed by atoms with van der Waals surface area (Å²) in [7, 11) is -3.82. The van der Waals surface area contributed by atoms with Crippen molar-refractivity contribution in [3.05, 3.63) is 53.8 Å². The first-order valence-electron chi connectivity index (χ1n) is 8.74. The first kappa shape index (κ1) is 18.7. The van der Waals surface area contributed by atoms with Crippen LogP contribution >= 0.6 is 0 Å². The van der Waals surface area contributed by atoms with Crippen LogP contribution in [0.1, 0.15) is 45.6 Å². The molecule has 0 N–H and O–H groups in total. The number of hydrogen-bond acceptors (Lipinski definition) is 3. The minimum atomic E-state index is -3.82. The van der Waals surface area contributed by atoms with E-state index in [-0.39, 0.29) is 10.8 Å². The van der Waals surface area contributed by atoms with E-state index in [2.05, 4.69) is 6.92 Å². The van der Waals surface area contributed by atoms with E-state index >= 15 is 0 Å². The van der Waals surface area contributed by atoms with Crippen LogP contribution in [0.2, 0.25) is 0 Å². The molecule has 0 fully saturated rings. The van der Waals surface area contributed by atoms with Crippen LogP contribution in [-0.2, 0) is 10.0 Å². The standard InChI is InChI=1S/C20H24FNO3S/c1-5-25-16-8-11-19-18(12-16)14(2)13-20(3,4)22(19)26(23,24)17-9-6-15(21)7-10-17/h6-12,14H,5,13H2,1-4H3/t14-/m1/s1. The first-order chi connectivity index (χ1) is 12.2. The SMILES string of the molecule is CCOc1ccc2c(c1)[C@H](C)CC(C)(C)N2S(=O)(=O)c1ccc(F)cc1. The topological polar surface area (TPSA) is 46.6 Å². The summed E-state index contributed by atoms with van der Waals surface area (Å²) in [6, 6.07) is 10.5. The van der Waals surface area contributed by atoms with Crippen LogP contribution in [0.4, 0.5) is 10.1 Å². The predicted octanol–water partition coefficient (Wildman–Crippen LogP) is 4.71. The summed E-state index contributed by atoms with van der Waals surface area (Å²) in [4.78, 5) is 0.0846. The van der Waals surface area contributed by atoms with E-state index in [9.17, 15) is 12.8 Å².